The minimum absolute atomic E-state index is 0.142. The fourth-order valence-electron chi connectivity index (χ4n) is 4.01. The number of amides is 4. The van der Waals surface area contributed by atoms with Crippen LogP contribution in [0.3, 0.4) is 0 Å². The lowest BCUT2D eigenvalue weighted by Gasteiger charge is -2.29. The average Bonchev–Trinajstić information content (AvgIpc) is 3.57. The number of sulfonamides is 1. The van der Waals surface area contributed by atoms with Gasteiger partial charge in [-0.1, -0.05) is 6.92 Å². The molecule has 3 fully saturated rings. The molecule has 0 bridgehead atoms. The lowest BCUT2D eigenvalue weighted by Crippen LogP contribution is -2.58. The first-order chi connectivity index (χ1) is 14.7. The Hall–Kier alpha value is -2.51. The van der Waals surface area contributed by atoms with Crippen molar-refractivity contribution in [3.63, 3.8) is 0 Å². The van der Waals surface area contributed by atoms with Crippen LogP contribution in [0.15, 0.2) is 0 Å². The van der Waals surface area contributed by atoms with Crippen LogP contribution in [0.5, 0.6) is 0 Å². The predicted molar refractivity (Wildman–Crippen MR) is 105 cm³/mol. The van der Waals surface area contributed by atoms with E-state index in [1.165, 1.54) is 6.92 Å². The molecule has 0 aromatic heterocycles. The number of halogens is 2. The number of nitrogens with zero attached hydrogens (tertiary/aromatic N) is 1. The summed E-state index contributed by atoms with van der Waals surface area (Å²) in [4.78, 5) is 49.9. The molecule has 3 rings (SSSR count). The molecule has 32 heavy (non-hydrogen) atoms. The van der Waals surface area contributed by atoms with Crippen molar-refractivity contribution < 1.29 is 41.5 Å². The van der Waals surface area contributed by atoms with Gasteiger partial charge in [0.05, 0.1) is 10.7 Å². The summed E-state index contributed by atoms with van der Waals surface area (Å²) in [5, 5.41) is 12.9. The third kappa shape index (κ3) is 4.36. The van der Waals surface area contributed by atoms with Crippen LogP contribution in [0.1, 0.15) is 39.5 Å². The van der Waals surface area contributed by atoms with Gasteiger partial charge in [0.1, 0.15) is 18.1 Å². The highest BCUT2D eigenvalue weighted by molar-refractivity contribution is 7.91. The molecule has 1 aliphatic heterocycles. The van der Waals surface area contributed by atoms with E-state index < -0.39 is 75.5 Å². The average molecular weight is 480 g/mol. The standard InChI is InChI=1S/C18H26F2N4O7S/c1-9-3-6-24(11(25)8-21-16(28)29)12(9)14(26)22-18(7-10(18)13(19)20)15(27)23-32(30,31)17(2)4-5-17/h9-10,12-13,21H,3-8H2,1-2H3,(H,22,26)(H,23,27)(H,28,29)/t9-,10+,12+,18-/m1/s1. The SMILES string of the molecule is C[C@@H]1CCN(C(=O)CNC(=O)O)[C@@H]1C(=O)N[C@]1(C(=O)NS(=O)(=O)C2(C)CC2)C[C@H]1C(F)F. The second-order valence-electron chi connectivity index (χ2n) is 8.95. The lowest BCUT2D eigenvalue weighted by atomic mass is 10.0. The summed E-state index contributed by atoms with van der Waals surface area (Å²) in [6.07, 6.45) is -3.78. The highest BCUT2D eigenvalue weighted by atomic mass is 32.2. The third-order valence-corrected chi connectivity index (χ3v) is 8.74. The van der Waals surface area contributed by atoms with Crippen LogP contribution in [-0.4, -0.2) is 78.1 Å². The molecule has 4 amide bonds. The summed E-state index contributed by atoms with van der Waals surface area (Å²) in [5.41, 5.74) is -2.10. The van der Waals surface area contributed by atoms with E-state index in [2.05, 4.69) is 5.32 Å². The number of alkyl halides is 2. The fourth-order valence-corrected chi connectivity index (χ4v) is 5.32. The summed E-state index contributed by atoms with van der Waals surface area (Å²) >= 11 is 0. The molecule has 3 aliphatic rings. The highest BCUT2D eigenvalue weighted by Gasteiger charge is 2.67. The number of hydrogen-bond acceptors (Lipinski definition) is 6. The summed E-state index contributed by atoms with van der Waals surface area (Å²) < 4.78 is 52.4. The lowest BCUT2D eigenvalue weighted by molar-refractivity contribution is -0.140. The highest BCUT2D eigenvalue weighted by Crippen LogP contribution is 2.49. The Morgan fingerprint density at radius 3 is 2.34 bits per heavy atom. The molecule has 14 heteroatoms. The topological polar surface area (TPSA) is 162 Å². The molecule has 0 spiro atoms. The number of carboxylic acid groups (broad SMARTS) is 1. The van der Waals surface area contributed by atoms with Crippen molar-refractivity contribution in [3.8, 4) is 0 Å². The van der Waals surface area contributed by atoms with Gasteiger partial charge in [-0.05, 0) is 38.5 Å². The van der Waals surface area contributed by atoms with Crippen LogP contribution in [0.25, 0.3) is 0 Å². The molecule has 4 N–H and O–H groups in total. The first-order valence-electron chi connectivity index (χ1n) is 10.2. The van der Waals surface area contributed by atoms with E-state index in [9.17, 15) is 36.4 Å². The van der Waals surface area contributed by atoms with E-state index in [4.69, 9.17) is 5.11 Å². The Kier molecular flexibility index (Phi) is 6.13. The molecule has 11 nitrogen and oxygen atoms in total. The molecular formula is C18H26F2N4O7S. The van der Waals surface area contributed by atoms with Crippen LogP contribution >= 0.6 is 0 Å². The number of hydrogen-bond donors (Lipinski definition) is 4. The van der Waals surface area contributed by atoms with E-state index in [1.807, 2.05) is 10.0 Å². The molecule has 1 heterocycles. The number of likely N-dealkylation sites (tertiary alicyclic amines) is 1. The van der Waals surface area contributed by atoms with Gasteiger partial charge in [-0.3, -0.25) is 19.1 Å². The number of carbonyl (C=O) groups excluding carboxylic acids is 3. The summed E-state index contributed by atoms with van der Waals surface area (Å²) in [5.74, 6) is -4.72. The maximum Gasteiger partial charge on any atom is 0.405 e. The summed E-state index contributed by atoms with van der Waals surface area (Å²) in [6.45, 7) is 2.66. The molecule has 0 unspecified atom stereocenters. The second-order valence-corrected chi connectivity index (χ2v) is 11.1. The van der Waals surface area contributed by atoms with E-state index >= 15 is 0 Å². The first-order valence-corrected chi connectivity index (χ1v) is 11.7. The zero-order valence-electron chi connectivity index (χ0n) is 17.6. The van der Waals surface area contributed by atoms with Crippen molar-refractivity contribution in [3.05, 3.63) is 0 Å². The van der Waals surface area contributed by atoms with E-state index in [-0.39, 0.29) is 12.5 Å². The van der Waals surface area contributed by atoms with Gasteiger partial charge in [0, 0.05) is 6.54 Å². The van der Waals surface area contributed by atoms with Crippen LogP contribution in [0.4, 0.5) is 13.6 Å². The Morgan fingerprint density at radius 1 is 1.22 bits per heavy atom. The second kappa shape index (κ2) is 8.12. The summed E-state index contributed by atoms with van der Waals surface area (Å²) in [6, 6.07) is -1.11. The van der Waals surface area contributed by atoms with Gasteiger partial charge in [-0.15, -0.1) is 0 Å². The van der Waals surface area contributed by atoms with Crippen molar-refractivity contribution in [2.45, 2.75) is 62.3 Å². The van der Waals surface area contributed by atoms with Crippen molar-refractivity contribution in [2.24, 2.45) is 11.8 Å². The monoisotopic (exact) mass is 480 g/mol. The van der Waals surface area contributed by atoms with Gasteiger partial charge < -0.3 is 20.6 Å². The number of nitrogens with one attached hydrogen (secondary N) is 3. The largest absolute Gasteiger partial charge is 0.465 e. The van der Waals surface area contributed by atoms with Gasteiger partial charge in [0.15, 0.2) is 0 Å². The van der Waals surface area contributed by atoms with Crippen molar-refractivity contribution in [1.29, 1.82) is 0 Å². The van der Waals surface area contributed by atoms with E-state index in [0.29, 0.717) is 19.3 Å². The minimum atomic E-state index is -4.11. The molecule has 4 atom stereocenters. The van der Waals surface area contributed by atoms with Crippen LogP contribution in [-0.2, 0) is 24.4 Å². The fraction of sp³-hybridized carbons (Fsp3) is 0.778. The van der Waals surface area contributed by atoms with Gasteiger partial charge >= 0.3 is 6.09 Å². The van der Waals surface area contributed by atoms with Crippen LogP contribution < -0.4 is 15.4 Å². The van der Waals surface area contributed by atoms with Crippen LogP contribution in [0.2, 0.25) is 0 Å². The van der Waals surface area contributed by atoms with Crippen molar-refractivity contribution in [1.82, 2.24) is 20.3 Å². The third-order valence-electron chi connectivity index (χ3n) is 6.58. The molecule has 0 radical (unpaired) electrons. The normalized spacial score (nSPS) is 30.5. The van der Waals surface area contributed by atoms with E-state index in [1.54, 1.807) is 6.92 Å². The first kappa shape index (κ1) is 24.1. The zero-order chi connectivity index (χ0) is 24.1. The molecule has 2 aliphatic carbocycles. The zero-order valence-corrected chi connectivity index (χ0v) is 18.4. The molecule has 2 saturated carbocycles. The molecule has 0 aromatic rings. The van der Waals surface area contributed by atoms with Crippen LogP contribution in [0, 0.1) is 11.8 Å². The Labute approximate surface area is 183 Å². The number of rotatable bonds is 8. The minimum Gasteiger partial charge on any atom is -0.465 e. The molecule has 180 valence electrons. The predicted octanol–water partition coefficient (Wildman–Crippen LogP) is -0.370. The Bertz CT molecular complexity index is 940. The van der Waals surface area contributed by atoms with Crippen molar-refractivity contribution in [2.75, 3.05) is 13.1 Å². The van der Waals surface area contributed by atoms with Gasteiger partial charge in [0.2, 0.25) is 28.3 Å². The molecule has 0 aromatic carbocycles. The number of carbonyl (C=O) groups is 4. The Morgan fingerprint density at radius 2 is 1.84 bits per heavy atom. The maximum atomic E-state index is 13.4. The quantitative estimate of drug-likeness (QED) is 0.368. The Balaban J connectivity index is 1.76. The smallest absolute Gasteiger partial charge is 0.405 e. The van der Waals surface area contributed by atoms with Gasteiger partial charge in [-0.2, -0.15) is 0 Å². The molecular weight excluding hydrogens is 454 g/mol. The van der Waals surface area contributed by atoms with Gasteiger partial charge in [0.25, 0.3) is 5.91 Å². The van der Waals surface area contributed by atoms with Crippen molar-refractivity contribution >= 4 is 33.8 Å². The van der Waals surface area contributed by atoms with E-state index in [0.717, 1.165) is 4.90 Å². The molecule has 1 saturated heterocycles. The maximum absolute atomic E-state index is 13.4. The van der Waals surface area contributed by atoms with Gasteiger partial charge in [-0.25, -0.2) is 22.0 Å². The summed E-state index contributed by atoms with van der Waals surface area (Å²) in [7, 11) is -4.11.